The topological polar surface area (TPSA) is 67.4 Å². The Morgan fingerprint density at radius 2 is 1.90 bits per heavy atom. The van der Waals surface area contributed by atoms with E-state index in [2.05, 4.69) is 10.6 Å². The summed E-state index contributed by atoms with van der Waals surface area (Å²) in [4.78, 5) is 23.4. The maximum Gasteiger partial charge on any atom is 0.313 e. The Balaban J connectivity index is 1.83. The molecule has 110 valence electrons. The lowest BCUT2D eigenvalue weighted by Crippen LogP contribution is -2.34. The zero-order valence-electron chi connectivity index (χ0n) is 11.6. The van der Waals surface area contributed by atoms with Crippen molar-refractivity contribution in [2.45, 2.75) is 13.5 Å². The van der Waals surface area contributed by atoms with Crippen molar-refractivity contribution in [2.75, 3.05) is 11.9 Å². The van der Waals surface area contributed by atoms with Gasteiger partial charge in [0, 0.05) is 12.2 Å². The molecule has 0 radical (unpaired) electrons. The number of carbonyl (C=O) groups excluding carboxylic acids is 2. The molecule has 0 atom stereocenters. The largest absolute Gasteiger partial charge is 0.494 e. The summed E-state index contributed by atoms with van der Waals surface area (Å²) in [6.07, 6.45) is 0. The maximum atomic E-state index is 11.7. The molecule has 0 unspecified atom stereocenters. The van der Waals surface area contributed by atoms with Crippen LogP contribution in [0.15, 0.2) is 41.1 Å². The summed E-state index contributed by atoms with van der Waals surface area (Å²) in [6.45, 7) is 2.82. The van der Waals surface area contributed by atoms with E-state index >= 15 is 0 Å². The molecule has 0 fully saturated rings. The molecule has 0 aliphatic heterocycles. The Hall–Kier alpha value is -2.34. The van der Waals surface area contributed by atoms with Gasteiger partial charge in [-0.3, -0.25) is 9.59 Å². The second kappa shape index (κ2) is 7.44. The third kappa shape index (κ3) is 4.61. The number of ether oxygens (including phenoxy) is 1. The first-order chi connectivity index (χ1) is 10.2. The molecule has 0 aliphatic rings. The van der Waals surface area contributed by atoms with E-state index in [1.165, 1.54) is 0 Å². The van der Waals surface area contributed by atoms with Crippen molar-refractivity contribution in [1.82, 2.24) is 5.32 Å². The van der Waals surface area contributed by atoms with Crippen molar-refractivity contribution < 1.29 is 14.3 Å². The molecule has 6 heteroatoms. The van der Waals surface area contributed by atoms with E-state index in [-0.39, 0.29) is 0 Å². The van der Waals surface area contributed by atoms with Gasteiger partial charge < -0.3 is 15.4 Å². The van der Waals surface area contributed by atoms with Gasteiger partial charge in [0.15, 0.2) is 0 Å². The SMILES string of the molecule is CCOc1ccc(NC(=O)C(=O)NCc2ccsc2)cc1. The van der Waals surface area contributed by atoms with Crippen LogP contribution in [0, 0.1) is 0 Å². The van der Waals surface area contributed by atoms with Gasteiger partial charge in [-0.2, -0.15) is 11.3 Å². The summed E-state index contributed by atoms with van der Waals surface area (Å²) >= 11 is 1.54. The van der Waals surface area contributed by atoms with Gasteiger partial charge in [0.2, 0.25) is 0 Å². The minimum atomic E-state index is -0.686. The average molecular weight is 304 g/mol. The van der Waals surface area contributed by atoms with Gasteiger partial charge in [0.1, 0.15) is 5.75 Å². The summed E-state index contributed by atoms with van der Waals surface area (Å²) in [5.74, 6) is -0.623. The molecular weight excluding hydrogens is 288 g/mol. The molecule has 0 saturated heterocycles. The first-order valence-corrected chi connectivity index (χ1v) is 7.46. The summed E-state index contributed by atoms with van der Waals surface area (Å²) in [5.41, 5.74) is 1.52. The Labute approximate surface area is 126 Å². The van der Waals surface area contributed by atoms with Crippen LogP contribution in [0.4, 0.5) is 5.69 Å². The van der Waals surface area contributed by atoms with Crippen molar-refractivity contribution in [1.29, 1.82) is 0 Å². The van der Waals surface area contributed by atoms with Gasteiger partial charge in [0.05, 0.1) is 6.61 Å². The van der Waals surface area contributed by atoms with Crippen LogP contribution in [0.2, 0.25) is 0 Å². The maximum absolute atomic E-state index is 11.7. The molecule has 0 bridgehead atoms. The molecule has 1 aromatic heterocycles. The van der Waals surface area contributed by atoms with E-state index in [1.54, 1.807) is 35.6 Å². The fourth-order valence-electron chi connectivity index (χ4n) is 1.64. The van der Waals surface area contributed by atoms with Crippen molar-refractivity contribution in [3.05, 3.63) is 46.7 Å². The van der Waals surface area contributed by atoms with Crippen molar-refractivity contribution >= 4 is 28.8 Å². The third-order valence-corrected chi connectivity index (χ3v) is 3.39. The molecule has 1 heterocycles. The highest BCUT2D eigenvalue weighted by Crippen LogP contribution is 2.15. The van der Waals surface area contributed by atoms with Gasteiger partial charge in [-0.15, -0.1) is 0 Å². The van der Waals surface area contributed by atoms with E-state index in [9.17, 15) is 9.59 Å². The van der Waals surface area contributed by atoms with Crippen molar-refractivity contribution in [3.8, 4) is 5.75 Å². The summed E-state index contributed by atoms with van der Waals surface area (Å²) in [7, 11) is 0. The fraction of sp³-hybridized carbons (Fsp3) is 0.200. The number of thiophene rings is 1. The lowest BCUT2D eigenvalue weighted by molar-refractivity contribution is -0.136. The van der Waals surface area contributed by atoms with E-state index in [4.69, 9.17) is 4.74 Å². The fourth-order valence-corrected chi connectivity index (χ4v) is 2.31. The van der Waals surface area contributed by atoms with Gasteiger partial charge >= 0.3 is 11.8 Å². The molecule has 2 N–H and O–H groups in total. The number of hydrogen-bond acceptors (Lipinski definition) is 4. The van der Waals surface area contributed by atoms with E-state index in [0.717, 1.165) is 11.3 Å². The highest BCUT2D eigenvalue weighted by Gasteiger charge is 2.13. The molecule has 2 aromatic rings. The number of benzene rings is 1. The molecule has 2 rings (SSSR count). The van der Waals surface area contributed by atoms with E-state index < -0.39 is 11.8 Å². The van der Waals surface area contributed by atoms with E-state index in [1.807, 2.05) is 23.8 Å². The predicted molar refractivity (Wildman–Crippen MR) is 82.4 cm³/mol. The zero-order valence-corrected chi connectivity index (χ0v) is 12.4. The minimum Gasteiger partial charge on any atom is -0.494 e. The third-order valence-electron chi connectivity index (χ3n) is 2.66. The molecule has 5 nitrogen and oxygen atoms in total. The van der Waals surface area contributed by atoms with E-state index in [0.29, 0.717) is 18.8 Å². The number of hydrogen-bond donors (Lipinski definition) is 2. The van der Waals surface area contributed by atoms with Crippen LogP contribution >= 0.6 is 11.3 Å². The molecule has 21 heavy (non-hydrogen) atoms. The van der Waals surface area contributed by atoms with Gasteiger partial charge in [-0.05, 0) is 53.6 Å². The summed E-state index contributed by atoms with van der Waals surface area (Å²) in [6, 6.07) is 8.75. The molecule has 1 aromatic carbocycles. The normalized spacial score (nSPS) is 9.95. The predicted octanol–water partition coefficient (Wildman–Crippen LogP) is 2.40. The smallest absolute Gasteiger partial charge is 0.313 e. The summed E-state index contributed by atoms with van der Waals surface area (Å²) in [5, 5.41) is 8.94. The minimum absolute atomic E-state index is 0.346. The van der Waals surface area contributed by atoms with Crippen molar-refractivity contribution in [2.24, 2.45) is 0 Å². The average Bonchev–Trinajstić information content (AvgIpc) is 3.00. The number of amides is 2. The quantitative estimate of drug-likeness (QED) is 0.834. The summed E-state index contributed by atoms with van der Waals surface area (Å²) < 4.78 is 5.30. The van der Waals surface area contributed by atoms with Crippen LogP contribution in [0.25, 0.3) is 0 Å². The second-order valence-corrected chi connectivity index (χ2v) is 5.01. The van der Waals surface area contributed by atoms with Gasteiger partial charge in [-0.1, -0.05) is 0 Å². The molecule has 0 saturated carbocycles. The highest BCUT2D eigenvalue weighted by molar-refractivity contribution is 7.07. The van der Waals surface area contributed by atoms with Crippen LogP contribution in [-0.2, 0) is 16.1 Å². The molecule has 2 amide bonds. The number of carbonyl (C=O) groups is 2. The van der Waals surface area contributed by atoms with Crippen LogP contribution < -0.4 is 15.4 Å². The van der Waals surface area contributed by atoms with Crippen LogP contribution in [0.3, 0.4) is 0 Å². The van der Waals surface area contributed by atoms with Gasteiger partial charge in [0.25, 0.3) is 0 Å². The molecular formula is C15H16N2O3S. The van der Waals surface area contributed by atoms with Crippen molar-refractivity contribution in [3.63, 3.8) is 0 Å². The first kappa shape index (κ1) is 15.1. The lowest BCUT2D eigenvalue weighted by Gasteiger charge is -2.07. The second-order valence-electron chi connectivity index (χ2n) is 4.23. The lowest BCUT2D eigenvalue weighted by atomic mass is 10.3. The Morgan fingerprint density at radius 1 is 1.14 bits per heavy atom. The van der Waals surface area contributed by atoms with Crippen LogP contribution in [-0.4, -0.2) is 18.4 Å². The Morgan fingerprint density at radius 3 is 2.52 bits per heavy atom. The highest BCUT2D eigenvalue weighted by atomic mass is 32.1. The molecule has 0 spiro atoms. The number of anilines is 1. The zero-order chi connectivity index (χ0) is 15.1. The number of rotatable bonds is 5. The van der Waals surface area contributed by atoms with Crippen LogP contribution in [0.1, 0.15) is 12.5 Å². The standard InChI is InChI=1S/C15H16N2O3S/c1-2-20-13-5-3-12(4-6-13)17-15(19)14(18)16-9-11-7-8-21-10-11/h3-8,10H,2,9H2,1H3,(H,16,18)(H,17,19). The van der Waals surface area contributed by atoms with Gasteiger partial charge in [-0.25, -0.2) is 0 Å². The monoisotopic (exact) mass is 304 g/mol. The number of nitrogens with one attached hydrogen (secondary N) is 2. The van der Waals surface area contributed by atoms with Crippen LogP contribution in [0.5, 0.6) is 5.75 Å². The Bertz CT molecular complexity index is 594. The Kier molecular flexibility index (Phi) is 5.34. The first-order valence-electron chi connectivity index (χ1n) is 6.52. The molecule has 0 aliphatic carbocycles.